The highest BCUT2D eigenvalue weighted by molar-refractivity contribution is 7.09. The first kappa shape index (κ1) is 13.7. The van der Waals surface area contributed by atoms with Crippen LogP contribution >= 0.6 is 11.3 Å². The van der Waals surface area contributed by atoms with Gasteiger partial charge in [-0.15, -0.1) is 11.3 Å². The van der Waals surface area contributed by atoms with Gasteiger partial charge < -0.3 is 10.5 Å². The molecule has 0 aliphatic carbocycles. The maximum absolute atomic E-state index is 12.8. The SMILES string of the molecule is Cc1nc(COc2ccc(N)cc2C(F)(F)F)cs1. The Bertz CT molecular complexity index is 581. The number of aryl methyl sites for hydroxylation is 1. The van der Waals surface area contributed by atoms with E-state index in [1.54, 1.807) is 5.38 Å². The molecule has 102 valence electrons. The van der Waals surface area contributed by atoms with Crippen LogP contribution < -0.4 is 10.5 Å². The van der Waals surface area contributed by atoms with Crippen molar-refractivity contribution in [2.45, 2.75) is 19.7 Å². The first-order valence-electron chi connectivity index (χ1n) is 5.37. The molecule has 0 amide bonds. The highest BCUT2D eigenvalue weighted by Gasteiger charge is 2.34. The molecule has 0 fully saturated rings. The molecular formula is C12H11F3N2OS. The van der Waals surface area contributed by atoms with E-state index in [1.165, 1.54) is 23.5 Å². The summed E-state index contributed by atoms with van der Waals surface area (Å²) >= 11 is 1.42. The molecule has 1 aromatic carbocycles. The first-order valence-corrected chi connectivity index (χ1v) is 6.25. The molecule has 0 saturated heterocycles. The Kier molecular flexibility index (Phi) is 3.66. The largest absolute Gasteiger partial charge is 0.487 e. The van der Waals surface area contributed by atoms with E-state index < -0.39 is 11.7 Å². The minimum Gasteiger partial charge on any atom is -0.487 e. The Morgan fingerprint density at radius 3 is 2.68 bits per heavy atom. The van der Waals surface area contributed by atoms with Gasteiger partial charge in [0, 0.05) is 11.1 Å². The van der Waals surface area contributed by atoms with Crippen molar-refractivity contribution in [3.8, 4) is 5.75 Å². The van der Waals surface area contributed by atoms with Crippen LogP contribution in [0.5, 0.6) is 5.75 Å². The normalized spacial score (nSPS) is 11.6. The molecule has 0 atom stereocenters. The standard InChI is InChI=1S/C12H11F3N2OS/c1-7-17-9(6-19-7)5-18-11-3-2-8(16)4-10(11)12(13,14)15/h2-4,6H,5,16H2,1H3. The second-order valence-electron chi connectivity index (χ2n) is 3.90. The third-order valence-corrected chi connectivity index (χ3v) is 3.17. The van der Waals surface area contributed by atoms with E-state index in [1.807, 2.05) is 6.92 Å². The van der Waals surface area contributed by atoms with Crippen molar-refractivity contribution in [3.05, 3.63) is 39.8 Å². The average Bonchev–Trinajstić information content (AvgIpc) is 2.72. The molecule has 2 rings (SSSR count). The van der Waals surface area contributed by atoms with Crippen molar-refractivity contribution in [3.63, 3.8) is 0 Å². The summed E-state index contributed by atoms with van der Waals surface area (Å²) in [6.45, 7) is 1.82. The molecule has 0 aliphatic rings. The van der Waals surface area contributed by atoms with Gasteiger partial charge in [0.1, 0.15) is 12.4 Å². The Morgan fingerprint density at radius 2 is 2.11 bits per heavy atom. The summed E-state index contributed by atoms with van der Waals surface area (Å²) < 4.78 is 43.6. The van der Waals surface area contributed by atoms with E-state index in [-0.39, 0.29) is 18.0 Å². The van der Waals surface area contributed by atoms with Crippen LogP contribution in [0.3, 0.4) is 0 Å². The number of ether oxygens (including phenoxy) is 1. The van der Waals surface area contributed by atoms with E-state index in [0.717, 1.165) is 11.1 Å². The second kappa shape index (κ2) is 5.08. The number of nitrogen functional groups attached to an aromatic ring is 1. The molecular weight excluding hydrogens is 277 g/mol. The summed E-state index contributed by atoms with van der Waals surface area (Å²) in [5, 5.41) is 2.59. The number of thiazole rings is 1. The number of anilines is 1. The third kappa shape index (κ3) is 3.37. The number of alkyl halides is 3. The highest BCUT2D eigenvalue weighted by Crippen LogP contribution is 2.37. The van der Waals surface area contributed by atoms with Crippen LogP contribution in [0, 0.1) is 6.92 Å². The van der Waals surface area contributed by atoms with Gasteiger partial charge in [0.15, 0.2) is 0 Å². The molecule has 2 N–H and O–H groups in total. The minimum atomic E-state index is -4.50. The fraction of sp³-hybridized carbons (Fsp3) is 0.250. The van der Waals surface area contributed by atoms with Crippen LogP contribution in [0.2, 0.25) is 0 Å². The Balaban J connectivity index is 2.20. The summed E-state index contributed by atoms with van der Waals surface area (Å²) in [6, 6.07) is 3.45. The van der Waals surface area contributed by atoms with E-state index >= 15 is 0 Å². The smallest absolute Gasteiger partial charge is 0.420 e. The number of rotatable bonds is 3. The van der Waals surface area contributed by atoms with Gasteiger partial charge in [-0.25, -0.2) is 4.98 Å². The Hall–Kier alpha value is -1.76. The van der Waals surface area contributed by atoms with E-state index in [0.29, 0.717) is 5.69 Å². The molecule has 2 aromatic rings. The van der Waals surface area contributed by atoms with Crippen molar-refractivity contribution in [1.29, 1.82) is 0 Å². The lowest BCUT2D eigenvalue weighted by Crippen LogP contribution is -2.09. The molecule has 19 heavy (non-hydrogen) atoms. The van der Waals surface area contributed by atoms with E-state index in [9.17, 15) is 13.2 Å². The number of aromatic nitrogens is 1. The van der Waals surface area contributed by atoms with Crippen LogP contribution in [0.25, 0.3) is 0 Å². The van der Waals surface area contributed by atoms with Crippen LogP contribution in [0.4, 0.5) is 18.9 Å². The second-order valence-corrected chi connectivity index (χ2v) is 4.96. The van der Waals surface area contributed by atoms with Crippen molar-refractivity contribution < 1.29 is 17.9 Å². The summed E-state index contributed by atoms with van der Waals surface area (Å²) in [7, 11) is 0. The van der Waals surface area contributed by atoms with Crippen molar-refractivity contribution in [1.82, 2.24) is 4.98 Å². The van der Waals surface area contributed by atoms with Crippen LogP contribution in [0.15, 0.2) is 23.6 Å². The fourth-order valence-electron chi connectivity index (χ4n) is 1.52. The molecule has 0 aliphatic heterocycles. The first-order chi connectivity index (χ1) is 8.86. The van der Waals surface area contributed by atoms with Crippen LogP contribution in [-0.4, -0.2) is 4.98 Å². The molecule has 0 saturated carbocycles. The van der Waals surface area contributed by atoms with Gasteiger partial charge in [-0.05, 0) is 25.1 Å². The van der Waals surface area contributed by atoms with Crippen molar-refractivity contribution in [2.75, 3.05) is 5.73 Å². The van der Waals surface area contributed by atoms with Gasteiger partial charge >= 0.3 is 6.18 Å². The summed E-state index contributed by atoms with van der Waals surface area (Å²) in [6.07, 6.45) is -4.50. The lowest BCUT2D eigenvalue weighted by Gasteiger charge is -2.13. The van der Waals surface area contributed by atoms with Gasteiger partial charge in [-0.2, -0.15) is 13.2 Å². The fourth-order valence-corrected chi connectivity index (χ4v) is 2.12. The van der Waals surface area contributed by atoms with E-state index in [4.69, 9.17) is 10.5 Å². The van der Waals surface area contributed by atoms with Gasteiger partial charge in [0.2, 0.25) is 0 Å². The number of halogens is 3. The van der Waals surface area contributed by atoms with Gasteiger partial charge in [-0.3, -0.25) is 0 Å². The third-order valence-electron chi connectivity index (χ3n) is 2.35. The molecule has 3 nitrogen and oxygen atoms in total. The summed E-state index contributed by atoms with van der Waals surface area (Å²) in [4.78, 5) is 4.12. The van der Waals surface area contributed by atoms with Crippen LogP contribution in [-0.2, 0) is 12.8 Å². The zero-order valence-corrected chi connectivity index (χ0v) is 10.8. The summed E-state index contributed by atoms with van der Waals surface area (Å²) in [5.74, 6) is -0.243. The van der Waals surface area contributed by atoms with Crippen molar-refractivity contribution >= 4 is 17.0 Å². The number of hydrogen-bond acceptors (Lipinski definition) is 4. The Labute approximate surface area is 111 Å². The number of nitrogens with two attached hydrogens (primary N) is 1. The predicted molar refractivity (Wildman–Crippen MR) is 67.0 cm³/mol. The maximum atomic E-state index is 12.8. The number of benzene rings is 1. The monoisotopic (exact) mass is 288 g/mol. The van der Waals surface area contributed by atoms with Crippen molar-refractivity contribution in [2.24, 2.45) is 0 Å². The minimum absolute atomic E-state index is 0.00264. The molecule has 7 heteroatoms. The molecule has 0 radical (unpaired) electrons. The van der Waals surface area contributed by atoms with E-state index in [2.05, 4.69) is 4.98 Å². The molecule has 0 bridgehead atoms. The van der Waals surface area contributed by atoms with Gasteiger partial charge in [0.25, 0.3) is 0 Å². The topological polar surface area (TPSA) is 48.1 Å². The predicted octanol–water partition coefficient (Wildman–Crippen LogP) is 3.63. The summed E-state index contributed by atoms with van der Waals surface area (Å²) in [5.41, 5.74) is 5.14. The quantitative estimate of drug-likeness (QED) is 0.877. The number of hydrogen-bond donors (Lipinski definition) is 1. The lowest BCUT2D eigenvalue weighted by atomic mass is 10.1. The maximum Gasteiger partial charge on any atom is 0.420 e. The average molecular weight is 288 g/mol. The molecule has 1 aromatic heterocycles. The van der Waals surface area contributed by atoms with Gasteiger partial charge in [0.05, 0.1) is 16.3 Å². The zero-order valence-electron chi connectivity index (χ0n) is 9.99. The number of nitrogens with zero attached hydrogens (tertiary/aromatic N) is 1. The van der Waals surface area contributed by atoms with Gasteiger partial charge in [-0.1, -0.05) is 0 Å². The zero-order chi connectivity index (χ0) is 14.0. The highest BCUT2D eigenvalue weighted by atomic mass is 32.1. The lowest BCUT2D eigenvalue weighted by molar-refractivity contribution is -0.139. The molecule has 1 heterocycles. The molecule has 0 unspecified atom stereocenters. The Morgan fingerprint density at radius 1 is 1.37 bits per heavy atom. The van der Waals surface area contributed by atoms with Crippen LogP contribution in [0.1, 0.15) is 16.3 Å². The molecule has 0 spiro atoms.